The maximum absolute atomic E-state index is 11.3. The monoisotopic (exact) mass is 156 g/mol. The molecule has 1 rings (SSSR count). The Labute approximate surface area is 67.5 Å². The van der Waals surface area contributed by atoms with Crippen LogP contribution in [0.25, 0.3) is 0 Å². The van der Waals surface area contributed by atoms with E-state index in [-0.39, 0.29) is 17.5 Å². The van der Waals surface area contributed by atoms with E-state index in [9.17, 15) is 4.79 Å². The van der Waals surface area contributed by atoms with Gasteiger partial charge in [-0.3, -0.25) is 4.79 Å². The van der Waals surface area contributed by atoms with Crippen molar-refractivity contribution >= 4 is 5.91 Å². The first-order chi connectivity index (χ1) is 5.05. The minimum Gasteiger partial charge on any atom is -0.349 e. The number of rotatable bonds is 1. The van der Waals surface area contributed by atoms with E-state index in [4.69, 9.17) is 0 Å². The first-order valence-corrected chi connectivity index (χ1v) is 4.10. The molecule has 0 aromatic carbocycles. The molecule has 1 heterocycles. The molecule has 3 heteroatoms. The van der Waals surface area contributed by atoms with Crippen LogP contribution in [0.15, 0.2) is 0 Å². The molecular formula is C8H16N2O. The van der Waals surface area contributed by atoms with Crippen LogP contribution in [0.3, 0.4) is 0 Å². The lowest BCUT2D eigenvalue weighted by Crippen LogP contribution is -2.63. The van der Waals surface area contributed by atoms with Crippen molar-refractivity contribution < 1.29 is 4.79 Å². The molecule has 0 saturated carbocycles. The minimum absolute atomic E-state index is 0.0167. The third kappa shape index (κ3) is 1.93. The van der Waals surface area contributed by atoms with Gasteiger partial charge >= 0.3 is 0 Å². The van der Waals surface area contributed by atoms with Crippen LogP contribution < -0.4 is 10.6 Å². The van der Waals surface area contributed by atoms with E-state index in [1.807, 2.05) is 20.8 Å². The zero-order valence-corrected chi connectivity index (χ0v) is 7.40. The van der Waals surface area contributed by atoms with Crippen molar-refractivity contribution in [3.05, 3.63) is 0 Å². The van der Waals surface area contributed by atoms with Gasteiger partial charge in [-0.1, -0.05) is 6.92 Å². The highest BCUT2D eigenvalue weighted by Crippen LogP contribution is 2.07. The molecular weight excluding hydrogens is 140 g/mol. The molecule has 0 spiro atoms. The average Bonchev–Trinajstić information content (AvgIpc) is 1.86. The fourth-order valence-corrected chi connectivity index (χ4v) is 1.27. The zero-order valence-electron chi connectivity index (χ0n) is 7.40. The minimum atomic E-state index is -0.0806. The van der Waals surface area contributed by atoms with Crippen LogP contribution in [0.1, 0.15) is 27.2 Å². The Hall–Kier alpha value is -0.570. The summed E-state index contributed by atoms with van der Waals surface area (Å²) in [5, 5.41) is 6.15. The molecule has 1 amide bonds. The molecule has 1 fully saturated rings. The SMILES string of the molecule is CCC1NCC(C)(C)NC1=O. The smallest absolute Gasteiger partial charge is 0.237 e. The van der Waals surface area contributed by atoms with E-state index < -0.39 is 0 Å². The van der Waals surface area contributed by atoms with E-state index in [1.54, 1.807) is 0 Å². The predicted molar refractivity (Wildman–Crippen MR) is 44.3 cm³/mol. The summed E-state index contributed by atoms with van der Waals surface area (Å²) in [6.07, 6.45) is 0.863. The van der Waals surface area contributed by atoms with Gasteiger partial charge in [0, 0.05) is 12.1 Å². The highest BCUT2D eigenvalue weighted by molar-refractivity contribution is 5.83. The lowest BCUT2D eigenvalue weighted by atomic mass is 10.00. The topological polar surface area (TPSA) is 41.1 Å². The Bertz CT molecular complexity index is 165. The summed E-state index contributed by atoms with van der Waals surface area (Å²) in [6.45, 7) is 6.90. The summed E-state index contributed by atoms with van der Waals surface area (Å²) in [7, 11) is 0. The molecule has 11 heavy (non-hydrogen) atoms. The maximum Gasteiger partial charge on any atom is 0.237 e. The van der Waals surface area contributed by atoms with Crippen LogP contribution in [0.5, 0.6) is 0 Å². The van der Waals surface area contributed by atoms with Gasteiger partial charge in [0.1, 0.15) is 0 Å². The molecule has 1 aliphatic rings. The van der Waals surface area contributed by atoms with Gasteiger partial charge in [0.05, 0.1) is 6.04 Å². The van der Waals surface area contributed by atoms with Gasteiger partial charge in [-0.15, -0.1) is 0 Å². The second kappa shape index (κ2) is 2.81. The van der Waals surface area contributed by atoms with E-state index >= 15 is 0 Å². The molecule has 0 aliphatic carbocycles. The summed E-state index contributed by atoms with van der Waals surface area (Å²) < 4.78 is 0. The van der Waals surface area contributed by atoms with Crippen LogP contribution >= 0.6 is 0 Å². The molecule has 0 aromatic rings. The third-order valence-corrected chi connectivity index (χ3v) is 1.98. The number of piperazine rings is 1. The van der Waals surface area contributed by atoms with Gasteiger partial charge < -0.3 is 10.6 Å². The molecule has 1 saturated heterocycles. The molecule has 0 aromatic heterocycles. The van der Waals surface area contributed by atoms with Crippen molar-refractivity contribution in [2.24, 2.45) is 0 Å². The van der Waals surface area contributed by atoms with Crippen LogP contribution in [0.2, 0.25) is 0 Å². The molecule has 3 nitrogen and oxygen atoms in total. The van der Waals surface area contributed by atoms with Gasteiger partial charge in [0.25, 0.3) is 0 Å². The molecule has 1 unspecified atom stereocenters. The Morgan fingerprint density at radius 1 is 1.64 bits per heavy atom. The standard InChI is InChI=1S/C8H16N2O/c1-4-6-7(11)10-8(2,3)5-9-6/h6,9H,4-5H2,1-3H3,(H,10,11). The summed E-state index contributed by atoms with van der Waals surface area (Å²) in [5.41, 5.74) is -0.0806. The Balaban J connectivity index is 2.55. The number of hydrogen-bond acceptors (Lipinski definition) is 2. The Morgan fingerprint density at radius 3 is 2.73 bits per heavy atom. The molecule has 0 radical (unpaired) electrons. The van der Waals surface area contributed by atoms with Gasteiger partial charge in [0.2, 0.25) is 5.91 Å². The number of nitrogens with one attached hydrogen (secondary N) is 2. The molecule has 2 N–H and O–H groups in total. The quantitative estimate of drug-likeness (QED) is 0.572. The second-order valence-electron chi connectivity index (χ2n) is 3.71. The second-order valence-corrected chi connectivity index (χ2v) is 3.71. The van der Waals surface area contributed by atoms with Gasteiger partial charge in [-0.2, -0.15) is 0 Å². The number of carbonyl (C=O) groups is 1. The fourth-order valence-electron chi connectivity index (χ4n) is 1.27. The first-order valence-electron chi connectivity index (χ1n) is 4.10. The van der Waals surface area contributed by atoms with Gasteiger partial charge in [-0.05, 0) is 20.3 Å². The van der Waals surface area contributed by atoms with Gasteiger partial charge in [0.15, 0.2) is 0 Å². The van der Waals surface area contributed by atoms with E-state index in [0.29, 0.717) is 0 Å². The van der Waals surface area contributed by atoms with E-state index in [0.717, 1.165) is 13.0 Å². The zero-order chi connectivity index (χ0) is 8.48. The maximum atomic E-state index is 11.3. The highest BCUT2D eigenvalue weighted by atomic mass is 16.2. The molecule has 1 aliphatic heterocycles. The summed E-state index contributed by atoms with van der Waals surface area (Å²) >= 11 is 0. The first kappa shape index (κ1) is 8.53. The van der Waals surface area contributed by atoms with Crippen molar-refractivity contribution in [2.45, 2.75) is 38.8 Å². The van der Waals surface area contributed by atoms with E-state index in [2.05, 4.69) is 10.6 Å². The fraction of sp³-hybridized carbons (Fsp3) is 0.875. The third-order valence-electron chi connectivity index (χ3n) is 1.98. The lowest BCUT2D eigenvalue weighted by Gasteiger charge is -2.35. The number of hydrogen-bond donors (Lipinski definition) is 2. The van der Waals surface area contributed by atoms with Gasteiger partial charge in [-0.25, -0.2) is 0 Å². The van der Waals surface area contributed by atoms with Crippen molar-refractivity contribution in [3.63, 3.8) is 0 Å². The Kier molecular flexibility index (Phi) is 2.18. The summed E-state index contributed by atoms with van der Waals surface area (Å²) in [5.74, 6) is 0.128. The number of carbonyl (C=O) groups excluding carboxylic acids is 1. The van der Waals surface area contributed by atoms with Crippen LogP contribution in [-0.4, -0.2) is 24.0 Å². The molecule has 64 valence electrons. The normalized spacial score (nSPS) is 29.7. The Morgan fingerprint density at radius 2 is 2.27 bits per heavy atom. The molecule has 1 atom stereocenters. The van der Waals surface area contributed by atoms with E-state index in [1.165, 1.54) is 0 Å². The van der Waals surface area contributed by atoms with Crippen LogP contribution in [0.4, 0.5) is 0 Å². The van der Waals surface area contributed by atoms with Crippen molar-refractivity contribution in [1.82, 2.24) is 10.6 Å². The predicted octanol–water partition coefficient (Wildman–Crippen LogP) is 0.263. The van der Waals surface area contributed by atoms with Crippen molar-refractivity contribution in [2.75, 3.05) is 6.54 Å². The van der Waals surface area contributed by atoms with Crippen molar-refractivity contribution in [3.8, 4) is 0 Å². The summed E-state index contributed by atoms with van der Waals surface area (Å²) in [4.78, 5) is 11.3. The van der Waals surface area contributed by atoms with Crippen LogP contribution in [-0.2, 0) is 4.79 Å². The highest BCUT2D eigenvalue weighted by Gasteiger charge is 2.30. The van der Waals surface area contributed by atoms with Crippen LogP contribution in [0, 0.1) is 0 Å². The lowest BCUT2D eigenvalue weighted by molar-refractivity contribution is -0.126. The summed E-state index contributed by atoms with van der Waals surface area (Å²) in [6, 6.07) is 0.0167. The molecule has 0 bridgehead atoms. The number of amides is 1. The van der Waals surface area contributed by atoms with Crippen molar-refractivity contribution in [1.29, 1.82) is 0 Å². The largest absolute Gasteiger partial charge is 0.349 e. The average molecular weight is 156 g/mol.